The van der Waals surface area contributed by atoms with E-state index in [1.807, 2.05) is 37.4 Å². The van der Waals surface area contributed by atoms with Gasteiger partial charge in [0.2, 0.25) is 0 Å². The van der Waals surface area contributed by atoms with Crippen LogP contribution in [0.1, 0.15) is 18.1 Å². The third-order valence-electron chi connectivity index (χ3n) is 3.48. The summed E-state index contributed by atoms with van der Waals surface area (Å²) in [5.41, 5.74) is 4.08. The van der Waals surface area contributed by atoms with E-state index in [-0.39, 0.29) is 0 Å². The zero-order valence-electron chi connectivity index (χ0n) is 13.1. The molecule has 0 atom stereocenters. The molecule has 0 saturated heterocycles. The van der Waals surface area contributed by atoms with E-state index in [1.165, 1.54) is 0 Å². The summed E-state index contributed by atoms with van der Waals surface area (Å²) in [5, 5.41) is 12.1. The van der Waals surface area contributed by atoms with Crippen molar-refractivity contribution < 1.29 is 0 Å². The van der Waals surface area contributed by atoms with Crippen molar-refractivity contribution in [3.8, 4) is 0 Å². The summed E-state index contributed by atoms with van der Waals surface area (Å²) >= 11 is 5.98. The molecule has 0 amide bonds. The lowest BCUT2D eigenvalue weighted by Crippen LogP contribution is -2.10. The fourth-order valence-corrected chi connectivity index (χ4v) is 2.45. The Balaban J connectivity index is 2.07. The predicted molar refractivity (Wildman–Crippen MR) is 97.3 cm³/mol. The van der Waals surface area contributed by atoms with Crippen LogP contribution in [0.2, 0.25) is 5.15 Å². The normalized spacial score (nSPS) is 11.5. The zero-order chi connectivity index (χ0) is 16.9. The van der Waals surface area contributed by atoms with Crippen LogP contribution in [0.15, 0.2) is 55.1 Å². The quantitative estimate of drug-likeness (QED) is 0.550. The standard InChI is InChI=1S/C18H16ClN5/c1-2-21-11-14(18(20)12-4-3-7-22-9-12)13-8-16-15(23-10-13)5-6-17(19)24-16/h3-11,20-21H,2H2,1H3/b14-11-,20-18?. The molecule has 0 fully saturated rings. The lowest BCUT2D eigenvalue weighted by molar-refractivity contribution is 0.922. The Kier molecular flexibility index (Phi) is 4.82. The third-order valence-corrected chi connectivity index (χ3v) is 3.69. The molecule has 2 N–H and O–H groups in total. The van der Waals surface area contributed by atoms with Crippen molar-refractivity contribution in [2.24, 2.45) is 0 Å². The van der Waals surface area contributed by atoms with Gasteiger partial charge in [-0.3, -0.25) is 15.4 Å². The number of pyridine rings is 3. The molecule has 0 bridgehead atoms. The van der Waals surface area contributed by atoms with E-state index >= 15 is 0 Å². The minimum absolute atomic E-state index is 0.368. The minimum atomic E-state index is 0.368. The van der Waals surface area contributed by atoms with Crippen LogP contribution in [0.25, 0.3) is 16.6 Å². The largest absolute Gasteiger partial charge is 0.391 e. The average Bonchev–Trinajstić information content (AvgIpc) is 2.62. The van der Waals surface area contributed by atoms with Crippen molar-refractivity contribution in [3.63, 3.8) is 0 Å². The molecule has 3 heterocycles. The second-order valence-corrected chi connectivity index (χ2v) is 5.52. The first kappa shape index (κ1) is 16.1. The van der Waals surface area contributed by atoms with E-state index in [0.717, 1.165) is 28.8 Å². The minimum Gasteiger partial charge on any atom is -0.391 e. The summed E-state index contributed by atoms with van der Waals surface area (Å²) in [6.07, 6.45) is 6.93. The van der Waals surface area contributed by atoms with Crippen LogP contribution in [0.3, 0.4) is 0 Å². The van der Waals surface area contributed by atoms with Crippen molar-refractivity contribution in [1.29, 1.82) is 5.41 Å². The Bertz CT molecular complexity index is 906. The molecular weight excluding hydrogens is 322 g/mol. The fraction of sp³-hybridized carbons (Fsp3) is 0.111. The van der Waals surface area contributed by atoms with Crippen molar-refractivity contribution in [1.82, 2.24) is 20.3 Å². The second-order valence-electron chi connectivity index (χ2n) is 5.13. The van der Waals surface area contributed by atoms with Crippen molar-refractivity contribution in [2.45, 2.75) is 6.92 Å². The predicted octanol–water partition coefficient (Wildman–Crippen LogP) is 3.70. The van der Waals surface area contributed by atoms with Gasteiger partial charge in [-0.2, -0.15) is 0 Å². The van der Waals surface area contributed by atoms with E-state index in [1.54, 1.807) is 24.7 Å². The van der Waals surface area contributed by atoms with E-state index < -0.39 is 0 Å². The maximum absolute atomic E-state index is 8.53. The molecule has 0 saturated carbocycles. The highest BCUT2D eigenvalue weighted by molar-refractivity contribution is 6.30. The Labute approximate surface area is 145 Å². The molecule has 6 heteroatoms. The fourth-order valence-electron chi connectivity index (χ4n) is 2.30. The average molecular weight is 338 g/mol. The molecule has 3 aromatic rings. The molecule has 5 nitrogen and oxygen atoms in total. The first-order valence-corrected chi connectivity index (χ1v) is 7.92. The van der Waals surface area contributed by atoms with Gasteiger partial charge >= 0.3 is 0 Å². The summed E-state index contributed by atoms with van der Waals surface area (Å²) in [4.78, 5) is 12.8. The molecule has 0 aliphatic heterocycles. The highest BCUT2D eigenvalue weighted by Gasteiger charge is 2.12. The number of rotatable bonds is 5. The van der Waals surface area contributed by atoms with Crippen LogP contribution in [0.5, 0.6) is 0 Å². The first-order valence-electron chi connectivity index (χ1n) is 7.54. The molecule has 0 aliphatic rings. The van der Waals surface area contributed by atoms with E-state index in [2.05, 4.69) is 20.3 Å². The smallest absolute Gasteiger partial charge is 0.129 e. The Morgan fingerprint density at radius 2 is 2.08 bits per heavy atom. The van der Waals surface area contributed by atoms with Gasteiger partial charge in [0, 0.05) is 48.0 Å². The monoisotopic (exact) mass is 337 g/mol. The summed E-state index contributed by atoms with van der Waals surface area (Å²) in [7, 11) is 0. The van der Waals surface area contributed by atoms with Gasteiger partial charge < -0.3 is 5.32 Å². The van der Waals surface area contributed by atoms with Crippen LogP contribution in [-0.2, 0) is 0 Å². The Morgan fingerprint density at radius 1 is 1.21 bits per heavy atom. The van der Waals surface area contributed by atoms with Crippen LogP contribution >= 0.6 is 11.6 Å². The summed E-state index contributed by atoms with van der Waals surface area (Å²) < 4.78 is 0. The zero-order valence-corrected chi connectivity index (χ0v) is 13.9. The molecule has 120 valence electrons. The number of halogens is 1. The van der Waals surface area contributed by atoms with Gasteiger partial charge in [0.25, 0.3) is 0 Å². The number of hydrogen-bond donors (Lipinski definition) is 2. The molecule has 3 aromatic heterocycles. The number of nitrogens with zero attached hydrogens (tertiary/aromatic N) is 3. The molecule has 0 aromatic carbocycles. The number of hydrogen-bond acceptors (Lipinski definition) is 5. The van der Waals surface area contributed by atoms with Crippen LogP contribution in [0, 0.1) is 5.41 Å². The van der Waals surface area contributed by atoms with Gasteiger partial charge in [0.05, 0.1) is 16.7 Å². The van der Waals surface area contributed by atoms with Crippen LogP contribution < -0.4 is 5.32 Å². The Morgan fingerprint density at radius 3 is 2.83 bits per heavy atom. The summed E-state index contributed by atoms with van der Waals surface area (Å²) in [6.45, 7) is 2.76. The highest BCUT2D eigenvalue weighted by atomic mass is 35.5. The highest BCUT2D eigenvalue weighted by Crippen LogP contribution is 2.22. The second kappa shape index (κ2) is 7.19. The molecule has 0 radical (unpaired) electrons. The molecule has 0 spiro atoms. The first-order chi connectivity index (χ1) is 11.7. The van der Waals surface area contributed by atoms with Crippen molar-refractivity contribution >= 4 is 33.9 Å². The van der Waals surface area contributed by atoms with Crippen LogP contribution in [0.4, 0.5) is 0 Å². The van der Waals surface area contributed by atoms with Crippen LogP contribution in [-0.4, -0.2) is 27.2 Å². The van der Waals surface area contributed by atoms with Gasteiger partial charge in [0.1, 0.15) is 5.15 Å². The summed E-state index contributed by atoms with van der Waals surface area (Å²) in [6, 6.07) is 9.11. The van der Waals surface area contributed by atoms with Crippen molar-refractivity contribution in [3.05, 3.63) is 71.4 Å². The topological polar surface area (TPSA) is 74.6 Å². The van der Waals surface area contributed by atoms with Gasteiger partial charge in [-0.1, -0.05) is 11.6 Å². The van der Waals surface area contributed by atoms with E-state index in [0.29, 0.717) is 16.4 Å². The number of allylic oxidation sites excluding steroid dienone is 1. The maximum atomic E-state index is 8.53. The van der Waals surface area contributed by atoms with Crippen molar-refractivity contribution in [2.75, 3.05) is 6.54 Å². The van der Waals surface area contributed by atoms with E-state index in [4.69, 9.17) is 17.0 Å². The number of aromatic nitrogens is 3. The third kappa shape index (κ3) is 3.41. The maximum Gasteiger partial charge on any atom is 0.129 e. The SMILES string of the molecule is CCN/C=C(\C(=N)c1cccnc1)c1cnc2ccc(Cl)nc2c1. The molecule has 24 heavy (non-hydrogen) atoms. The Hall–Kier alpha value is -2.79. The lowest BCUT2D eigenvalue weighted by Gasteiger charge is -2.11. The lowest BCUT2D eigenvalue weighted by atomic mass is 9.98. The van der Waals surface area contributed by atoms with Gasteiger partial charge in [-0.05, 0) is 37.3 Å². The van der Waals surface area contributed by atoms with E-state index in [9.17, 15) is 0 Å². The number of nitrogens with one attached hydrogen (secondary N) is 2. The molecule has 0 unspecified atom stereocenters. The molecule has 3 rings (SSSR count). The van der Waals surface area contributed by atoms with Gasteiger partial charge in [-0.25, -0.2) is 4.98 Å². The summed E-state index contributed by atoms with van der Waals surface area (Å²) in [5.74, 6) is 0. The number of fused-ring (bicyclic) bond motifs is 1. The van der Waals surface area contributed by atoms with Gasteiger partial charge in [-0.15, -0.1) is 0 Å². The molecular formula is C18H16ClN5. The van der Waals surface area contributed by atoms with Gasteiger partial charge in [0.15, 0.2) is 0 Å². The molecule has 0 aliphatic carbocycles.